The number of rotatable bonds is 0. The summed E-state index contributed by atoms with van der Waals surface area (Å²) in [5.41, 5.74) is 0. The quantitative estimate of drug-likeness (QED) is 0.203. The molecule has 0 aromatic heterocycles. The summed E-state index contributed by atoms with van der Waals surface area (Å²) in [5, 5.41) is 0. The fraction of sp³-hybridized carbons (Fsp3) is 0.667. The maximum Gasteiger partial charge on any atom is 0.326 e. The van der Waals surface area contributed by atoms with Crippen LogP contribution in [0.3, 0.4) is 0 Å². The molecule has 0 N–H and O–H groups in total. The van der Waals surface area contributed by atoms with Crippen molar-refractivity contribution in [1.29, 1.82) is 0 Å². The first-order chi connectivity index (χ1) is 57.9. The Hall–Kier alpha value is -14.6. The van der Waals surface area contributed by atoms with E-state index in [9.17, 15) is 0 Å². The Morgan fingerprint density at radius 1 is 0.0833 bits per heavy atom. The first kappa shape index (κ1) is 62.7. The molecule has 60 nitrogen and oxygen atoms in total. The minimum Gasteiger partial charge on any atom is -0.282 e. The van der Waals surface area contributed by atoms with Gasteiger partial charge in [-0.25, -0.2) is 95.9 Å². The van der Waals surface area contributed by atoms with Crippen LogP contribution in [-0.2, 0) is 0 Å². The van der Waals surface area contributed by atoms with Gasteiger partial charge in [-0.3, -0.25) is 196 Å². The Morgan fingerprint density at radius 3 is 0.150 bits per heavy atom. The van der Waals surface area contributed by atoms with Crippen molar-refractivity contribution in [3.05, 3.63) is 0 Å². The fourth-order valence-electron chi connectivity index (χ4n) is 26.7. The smallest absolute Gasteiger partial charge is 0.282 e. The van der Waals surface area contributed by atoms with E-state index in [1.165, 1.54) is 196 Å². The minimum absolute atomic E-state index is 0.618. The molecule has 0 bridgehead atoms. The van der Waals surface area contributed by atoms with Gasteiger partial charge in [0.05, 0.1) is 0 Å². The second kappa shape index (κ2) is 18.5. The van der Waals surface area contributed by atoms with Crippen LogP contribution in [0.2, 0.25) is 0 Å². The van der Waals surface area contributed by atoms with Crippen LogP contribution >= 0.6 is 0 Å². The summed E-state index contributed by atoms with van der Waals surface area (Å²) in [6.07, 6.45) is -27.0. The van der Waals surface area contributed by atoms with Crippen molar-refractivity contribution in [2.45, 2.75) is 123 Å². The highest BCUT2D eigenvalue weighted by atomic mass is 16.3. The molecule has 0 saturated carbocycles. The standard InChI is InChI=1S/C60H60N40O20/c101-41-61-1-62-22-24-66(42(62)102)4-70-26-28-74(46(70)106)8-78-30-32-82(50(78)110)12-86-34-36-90(54(86)114)16-94-38-40-98(58(94)118)19-97-39-37-93(57(97)117)15-89-35-33-85(53(89)113)11-81-31-29-77(49(81)109)7-73-27-25-69(45(73)105)3-65(41)23-21(61)63-2-64(22)44(104)68(24)6-72(26)48(108)76(28)10-80(30)52(112)84(32)14-88(34)56(116)92(36)18-96(38)60(120)100(40)20-99(39)59(119)95(37)17-91(35)55(115)87(33)13-83(31)51(111)79(29)9-75(27)47(107)71(25)5-67(23)43(63)103/h21-40H,1-20H2/i1+1,2+1,3+1,4+1,5+1,6+1,7+1,8+1,9+1,10+1,11+1,12+1,13+1,14+1,15+1,16+1,17+1,18+1,19+1,20+1. The number of hydrogen-bond acceptors (Lipinski definition) is 20. The van der Waals surface area contributed by atoms with Crippen LogP contribution < -0.4 is 0 Å². The average molecular weight is 1680 g/mol. The lowest BCUT2D eigenvalue weighted by molar-refractivity contribution is -0.0210. The Bertz CT molecular complexity index is 3800. The van der Waals surface area contributed by atoms with Gasteiger partial charge in [-0.2, -0.15) is 0 Å². The lowest BCUT2D eigenvalue weighted by atomic mass is 10.3. The van der Waals surface area contributed by atoms with Gasteiger partial charge < -0.3 is 0 Å². The van der Waals surface area contributed by atoms with Crippen LogP contribution in [0.5, 0.6) is 0 Å². The maximum absolute atomic E-state index is 15.8. The molecule has 120 heavy (non-hydrogen) atoms. The Balaban J connectivity index is 0.547. The molecular weight excluding hydrogens is 1620 g/mol. The van der Waals surface area contributed by atoms with E-state index in [-0.39, 0.29) is 0 Å². The molecular formula is C60H60N40O20. The van der Waals surface area contributed by atoms with E-state index in [0.29, 0.717) is 0 Å². The minimum atomic E-state index is -1.35. The summed E-state index contributed by atoms with van der Waals surface area (Å²) in [6.45, 7) is -12.4. The predicted octanol–water partition coefficient (Wildman–Crippen LogP) is -9.44. The van der Waals surface area contributed by atoms with Crippen LogP contribution in [0.15, 0.2) is 0 Å². The fourth-order valence-corrected chi connectivity index (χ4v) is 26.7. The molecule has 0 spiro atoms. The second-order valence-corrected chi connectivity index (χ2v) is 35.5. The highest BCUT2D eigenvalue weighted by Crippen LogP contribution is 2.56. The van der Waals surface area contributed by atoms with Crippen LogP contribution in [0.25, 0.3) is 0 Å². The van der Waals surface area contributed by atoms with Gasteiger partial charge in [0.15, 0.2) is 123 Å². The largest absolute Gasteiger partial charge is 0.326 e. The monoisotopic (exact) mass is 1680 g/mol. The summed E-state index contributed by atoms with van der Waals surface area (Å²) in [6, 6.07) is -15.9. The summed E-state index contributed by atoms with van der Waals surface area (Å²) < 4.78 is 0. The van der Waals surface area contributed by atoms with Gasteiger partial charge in [0.25, 0.3) is 0 Å². The SMILES string of the molecule is O=C1N2[13CH2]N3C(=O)N4[13CH2]N5C(=O)N6[13CH2]N7C(=O)N8[13CH2]N9C(=O)N%10[13CH2]N%11C(=O)N%12[13CH2]N%13C(=O)N%14[13CH2]N%15C(=O)N%16[13CH2]N%17C(=O)N%18[13CH2]N%19C(=O)N%20[13CH2]N1C1C2N2[13CH2]N%21C(=O)N([13CH2]N%22C(=O)N([13CH2]N%23C(=O)N([13CH2]N%24C(=O)N([13CH2]N%25C(=O)N([13CH2]N%26C(=O)N([13CH2]N%27C(=O)N([13CH2]N%28C(=O)N([13CH2]N%29C(=O)N([13CH2]N1C2=O)C%20C%19%29)C%18C%17%28)C%16C%15%27)C%14C%13%26)C%12C%11%25)C%10C9%24)C8C7%23)C6C5%22)C4C3%21. The third kappa shape index (κ3) is 5.99. The molecule has 30 aliphatic rings. The molecule has 620 valence electrons. The van der Waals surface area contributed by atoms with Crippen LogP contribution in [0.1, 0.15) is 0 Å². The van der Waals surface area contributed by atoms with Crippen LogP contribution in [0, 0.1) is 0 Å². The molecule has 0 unspecified atom stereocenters. The van der Waals surface area contributed by atoms with Gasteiger partial charge in [0.2, 0.25) is 0 Å². The molecule has 30 aliphatic heterocycles. The van der Waals surface area contributed by atoms with Crippen molar-refractivity contribution in [2.75, 3.05) is 133 Å². The van der Waals surface area contributed by atoms with E-state index in [2.05, 4.69) is 0 Å². The van der Waals surface area contributed by atoms with E-state index in [1.807, 2.05) is 0 Å². The highest BCUT2D eigenvalue weighted by molar-refractivity contribution is 5.98. The maximum atomic E-state index is 15.8. The zero-order valence-corrected chi connectivity index (χ0v) is 61.7. The first-order valence-corrected chi connectivity index (χ1v) is 39.3. The molecule has 40 amide bonds. The van der Waals surface area contributed by atoms with E-state index in [1.54, 1.807) is 0 Å². The van der Waals surface area contributed by atoms with Gasteiger partial charge in [-0.15, -0.1) is 0 Å². The van der Waals surface area contributed by atoms with Crippen LogP contribution in [0.4, 0.5) is 95.9 Å². The van der Waals surface area contributed by atoms with E-state index >= 15 is 95.9 Å². The van der Waals surface area contributed by atoms with Gasteiger partial charge >= 0.3 is 121 Å². The number of carbonyl (C=O) groups is 20. The predicted molar refractivity (Wildman–Crippen MR) is 355 cm³/mol. The lowest BCUT2D eigenvalue weighted by Gasteiger charge is -2.42. The van der Waals surface area contributed by atoms with E-state index in [4.69, 9.17) is 0 Å². The number of nitrogens with zero attached hydrogens (tertiary/aromatic N) is 40. The van der Waals surface area contributed by atoms with Crippen molar-refractivity contribution >= 4 is 121 Å². The summed E-state index contributed by atoms with van der Waals surface area (Å²) in [5.74, 6) is 0. The highest BCUT2D eigenvalue weighted by Gasteiger charge is 2.80. The molecule has 0 radical (unpaired) electrons. The van der Waals surface area contributed by atoms with Crippen LogP contribution in [-0.4, -0.2) is 573 Å². The number of carbonyl (C=O) groups excluding carboxylic acids is 20. The van der Waals surface area contributed by atoms with Crippen molar-refractivity contribution in [3.8, 4) is 0 Å². The van der Waals surface area contributed by atoms with Crippen molar-refractivity contribution in [3.63, 3.8) is 0 Å². The molecule has 30 fully saturated rings. The van der Waals surface area contributed by atoms with Gasteiger partial charge in [0, 0.05) is 0 Å². The third-order valence-corrected chi connectivity index (χ3v) is 31.4. The molecule has 0 atom stereocenters. The lowest BCUT2D eigenvalue weighted by Crippen LogP contribution is -2.63. The number of hydrogen-bond donors (Lipinski definition) is 0. The van der Waals surface area contributed by atoms with Crippen molar-refractivity contribution in [2.24, 2.45) is 0 Å². The van der Waals surface area contributed by atoms with Gasteiger partial charge in [-0.05, 0) is 0 Å². The number of amides is 40. The molecule has 30 rings (SSSR count). The van der Waals surface area contributed by atoms with E-state index < -0.39 is 377 Å². The molecule has 30 saturated heterocycles. The Kier molecular flexibility index (Phi) is 9.68. The molecule has 0 aromatic carbocycles. The zero-order valence-electron chi connectivity index (χ0n) is 61.7. The summed E-state index contributed by atoms with van der Waals surface area (Å²) in [4.78, 5) is 365. The van der Waals surface area contributed by atoms with Gasteiger partial charge in [-0.1, -0.05) is 0 Å². The summed E-state index contributed by atoms with van der Waals surface area (Å²) >= 11 is 0. The topological polar surface area (TPSA) is 471 Å². The second-order valence-electron chi connectivity index (χ2n) is 35.5. The Labute approximate surface area is 667 Å². The Morgan fingerprint density at radius 2 is 0.117 bits per heavy atom. The molecule has 30 heterocycles. The number of urea groups is 20. The first-order valence-electron chi connectivity index (χ1n) is 39.3. The zero-order chi connectivity index (χ0) is 80.3. The molecule has 60 heteroatoms. The average Bonchev–Trinajstić information content (AvgIpc) is 1.52. The summed E-state index contributed by atoms with van der Waals surface area (Å²) in [7, 11) is 0. The van der Waals surface area contributed by atoms with Crippen molar-refractivity contribution < 1.29 is 95.9 Å². The molecule has 0 aliphatic carbocycles. The normalized spacial score (nSPS) is 40.3. The molecule has 0 aromatic rings. The van der Waals surface area contributed by atoms with Gasteiger partial charge in [0.1, 0.15) is 133 Å². The third-order valence-electron chi connectivity index (χ3n) is 31.4. The van der Waals surface area contributed by atoms with E-state index in [0.717, 1.165) is 0 Å². The van der Waals surface area contributed by atoms with Crippen molar-refractivity contribution in [1.82, 2.24) is 196 Å².